The molecule has 1 aliphatic rings. The van der Waals surface area contributed by atoms with Crippen molar-refractivity contribution >= 4 is 5.78 Å². The van der Waals surface area contributed by atoms with E-state index in [-0.39, 0.29) is 11.5 Å². The van der Waals surface area contributed by atoms with Crippen LogP contribution in [0.15, 0.2) is 24.3 Å². The van der Waals surface area contributed by atoms with Crippen molar-refractivity contribution in [3.63, 3.8) is 0 Å². The lowest BCUT2D eigenvalue weighted by Gasteiger charge is -2.25. The Balaban J connectivity index is 2.15. The van der Waals surface area contributed by atoms with E-state index in [0.717, 1.165) is 30.6 Å². The number of hydrogen-bond acceptors (Lipinski definition) is 2. The van der Waals surface area contributed by atoms with Gasteiger partial charge in [0.2, 0.25) is 0 Å². The maximum atomic E-state index is 12.7. The highest BCUT2D eigenvalue weighted by molar-refractivity contribution is 6.00. The first-order valence-electron chi connectivity index (χ1n) is 7.39. The van der Waals surface area contributed by atoms with Gasteiger partial charge in [-0.2, -0.15) is 0 Å². The molecular formula is C17H24O2. The van der Waals surface area contributed by atoms with E-state index in [9.17, 15) is 4.79 Å². The van der Waals surface area contributed by atoms with Gasteiger partial charge in [0.1, 0.15) is 5.75 Å². The summed E-state index contributed by atoms with van der Waals surface area (Å²) in [5.74, 6) is 1.16. The summed E-state index contributed by atoms with van der Waals surface area (Å²) in [4.78, 5) is 12.7. The fourth-order valence-corrected chi connectivity index (χ4v) is 3.06. The molecule has 19 heavy (non-hydrogen) atoms. The van der Waals surface area contributed by atoms with E-state index < -0.39 is 0 Å². The van der Waals surface area contributed by atoms with Crippen LogP contribution in [0.25, 0.3) is 0 Å². The molecule has 104 valence electrons. The molecule has 0 aliphatic heterocycles. The Morgan fingerprint density at radius 2 is 1.79 bits per heavy atom. The van der Waals surface area contributed by atoms with Gasteiger partial charge in [0.25, 0.3) is 0 Å². The van der Waals surface area contributed by atoms with E-state index >= 15 is 0 Å². The average Bonchev–Trinajstić information content (AvgIpc) is 2.88. The van der Waals surface area contributed by atoms with Gasteiger partial charge in [0.05, 0.1) is 6.10 Å². The minimum absolute atomic E-state index is 0.0968. The van der Waals surface area contributed by atoms with E-state index in [1.165, 1.54) is 12.8 Å². The minimum atomic E-state index is -0.0968. The zero-order valence-corrected chi connectivity index (χ0v) is 12.2. The molecule has 2 heteroatoms. The van der Waals surface area contributed by atoms with Crippen molar-refractivity contribution < 1.29 is 9.53 Å². The van der Waals surface area contributed by atoms with Gasteiger partial charge in [-0.15, -0.1) is 0 Å². The predicted octanol–water partition coefficient (Wildman–Crippen LogP) is 4.63. The zero-order valence-electron chi connectivity index (χ0n) is 12.2. The standard InChI is InChI=1S/C17H24O2/c1-4-17(11-5-6-12-17)16(18)14-7-9-15(10-8-14)19-13(2)3/h7-10,13H,4-6,11-12H2,1-3H3. The predicted molar refractivity (Wildman–Crippen MR) is 77.7 cm³/mol. The molecule has 0 N–H and O–H groups in total. The maximum absolute atomic E-state index is 12.7. The Bertz CT molecular complexity index is 425. The number of ether oxygens (including phenoxy) is 1. The molecule has 0 amide bonds. The fraction of sp³-hybridized carbons (Fsp3) is 0.588. The van der Waals surface area contributed by atoms with Gasteiger partial charge < -0.3 is 4.74 Å². The summed E-state index contributed by atoms with van der Waals surface area (Å²) in [6, 6.07) is 7.64. The lowest BCUT2D eigenvalue weighted by atomic mass is 9.76. The van der Waals surface area contributed by atoms with E-state index in [0.29, 0.717) is 5.78 Å². The smallest absolute Gasteiger partial charge is 0.168 e. The van der Waals surface area contributed by atoms with Crippen LogP contribution in [0.3, 0.4) is 0 Å². The fourth-order valence-electron chi connectivity index (χ4n) is 3.06. The van der Waals surface area contributed by atoms with Crippen LogP contribution in [0.4, 0.5) is 0 Å². The number of Topliss-reactive ketones (excluding diaryl/α,β-unsaturated/α-hetero) is 1. The highest BCUT2D eigenvalue weighted by atomic mass is 16.5. The number of carbonyl (C=O) groups excluding carboxylic acids is 1. The number of ketones is 1. The molecule has 1 fully saturated rings. The molecule has 0 radical (unpaired) electrons. The lowest BCUT2D eigenvalue weighted by molar-refractivity contribution is 0.0791. The third-order valence-electron chi connectivity index (χ3n) is 4.21. The topological polar surface area (TPSA) is 26.3 Å². The molecule has 1 aliphatic carbocycles. The maximum Gasteiger partial charge on any atom is 0.168 e. The molecular weight excluding hydrogens is 236 g/mol. The van der Waals surface area contributed by atoms with Gasteiger partial charge >= 0.3 is 0 Å². The first-order chi connectivity index (χ1) is 9.07. The molecule has 0 aromatic heterocycles. The van der Waals surface area contributed by atoms with Crippen LogP contribution in [-0.2, 0) is 0 Å². The average molecular weight is 260 g/mol. The summed E-state index contributed by atoms with van der Waals surface area (Å²) in [7, 11) is 0. The van der Waals surface area contributed by atoms with Crippen LogP contribution in [0.2, 0.25) is 0 Å². The second kappa shape index (κ2) is 5.77. The first-order valence-corrected chi connectivity index (χ1v) is 7.39. The van der Waals surface area contributed by atoms with Crippen molar-refractivity contribution in [1.29, 1.82) is 0 Å². The molecule has 0 atom stereocenters. The van der Waals surface area contributed by atoms with E-state index in [2.05, 4.69) is 6.92 Å². The molecule has 0 heterocycles. The van der Waals surface area contributed by atoms with Crippen LogP contribution in [0.1, 0.15) is 63.2 Å². The highest BCUT2D eigenvalue weighted by Gasteiger charge is 2.39. The molecule has 0 unspecified atom stereocenters. The highest BCUT2D eigenvalue weighted by Crippen LogP contribution is 2.43. The summed E-state index contributed by atoms with van der Waals surface area (Å²) in [6.45, 7) is 6.15. The minimum Gasteiger partial charge on any atom is -0.491 e. The van der Waals surface area contributed by atoms with Gasteiger partial charge in [-0.05, 0) is 57.4 Å². The van der Waals surface area contributed by atoms with E-state index in [1.54, 1.807) is 0 Å². The Hall–Kier alpha value is -1.31. The van der Waals surface area contributed by atoms with Crippen LogP contribution < -0.4 is 4.74 Å². The van der Waals surface area contributed by atoms with Gasteiger partial charge in [-0.1, -0.05) is 19.8 Å². The van der Waals surface area contributed by atoms with Crippen LogP contribution in [0.5, 0.6) is 5.75 Å². The third-order valence-corrected chi connectivity index (χ3v) is 4.21. The molecule has 1 aromatic rings. The van der Waals surface area contributed by atoms with Crippen molar-refractivity contribution in [3.05, 3.63) is 29.8 Å². The number of rotatable bonds is 5. The van der Waals surface area contributed by atoms with Gasteiger partial charge in [-0.3, -0.25) is 4.79 Å². The first kappa shape index (κ1) is 14.1. The molecule has 2 rings (SSSR count). The van der Waals surface area contributed by atoms with E-state index in [1.807, 2.05) is 38.1 Å². The van der Waals surface area contributed by atoms with Gasteiger partial charge in [0, 0.05) is 11.0 Å². The van der Waals surface area contributed by atoms with E-state index in [4.69, 9.17) is 4.74 Å². The summed E-state index contributed by atoms with van der Waals surface area (Å²) >= 11 is 0. The van der Waals surface area contributed by atoms with Gasteiger partial charge in [-0.25, -0.2) is 0 Å². The lowest BCUT2D eigenvalue weighted by Crippen LogP contribution is -2.27. The van der Waals surface area contributed by atoms with Crippen molar-refractivity contribution in [2.24, 2.45) is 5.41 Å². The van der Waals surface area contributed by atoms with Gasteiger partial charge in [0.15, 0.2) is 5.78 Å². The van der Waals surface area contributed by atoms with Crippen molar-refractivity contribution in [2.75, 3.05) is 0 Å². The quantitative estimate of drug-likeness (QED) is 0.722. The molecule has 0 bridgehead atoms. The van der Waals surface area contributed by atoms with Crippen LogP contribution in [0, 0.1) is 5.41 Å². The third kappa shape index (κ3) is 2.99. The summed E-state index contributed by atoms with van der Waals surface area (Å²) < 4.78 is 5.61. The second-order valence-corrected chi connectivity index (χ2v) is 5.86. The van der Waals surface area contributed by atoms with Crippen LogP contribution in [-0.4, -0.2) is 11.9 Å². The van der Waals surface area contributed by atoms with Crippen molar-refractivity contribution in [2.45, 2.75) is 59.0 Å². The Morgan fingerprint density at radius 1 is 1.21 bits per heavy atom. The SMILES string of the molecule is CCC1(C(=O)c2ccc(OC(C)C)cc2)CCCC1. The second-order valence-electron chi connectivity index (χ2n) is 5.86. The normalized spacial score (nSPS) is 17.7. The number of benzene rings is 1. The molecule has 0 spiro atoms. The molecule has 1 aromatic carbocycles. The summed E-state index contributed by atoms with van der Waals surface area (Å²) in [5.41, 5.74) is 0.736. The molecule has 2 nitrogen and oxygen atoms in total. The number of hydrogen-bond donors (Lipinski definition) is 0. The molecule has 1 saturated carbocycles. The monoisotopic (exact) mass is 260 g/mol. The largest absolute Gasteiger partial charge is 0.491 e. The van der Waals surface area contributed by atoms with Crippen LogP contribution >= 0.6 is 0 Å². The number of carbonyl (C=O) groups is 1. The van der Waals surface area contributed by atoms with Crippen molar-refractivity contribution in [1.82, 2.24) is 0 Å². The Labute approximate surface area is 116 Å². The molecule has 0 saturated heterocycles. The van der Waals surface area contributed by atoms with Crippen molar-refractivity contribution in [3.8, 4) is 5.75 Å². The Kier molecular flexibility index (Phi) is 4.28. The summed E-state index contributed by atoms with van der Waals surface area (Å²) in [6.07, 6.45) is 5.59. The summed E-state index contributed by atoms with van der Waals surface area (Å²) in [5, 5.41) is 0. The Morgan fingerprint density at radius 3 is 2.26 bits per heavy atom. The zero-order chi connectivity index (χ0) is 13.9.